The van der Waals surface area contributed by atoms with Gasteiger partial charge >= 0.3 is 5.97 Å². The number of allylic oxidation sites excluding steroid dienone is 2. The van der Waals surface area contributed by atoms with Crippen molar-refractivity contribution in [1.82, 2.24) is 0 Å². The van der Waals surface area contributed by atoms with Crippen molar-refractivity contribution in [3.8, 4) is 0 Å². The molecule has 1 rings (SSSR count). The topological polar surface area (TPSA) is 44.8 Å². The zero-order valence-electron chi connectivity index (χ0n) is 10.2. The van der Waals surface area contributed by atoms with Crippen molar-refractivity contribution in [1.29, 1.82) is 0 Å². The van der Waals surface area contributed by atoms with Gasteiger partial charge in [-0.15, -0.1) is 0 Å². The van der Waals surface area contributed by atoms with Crippen LogP contribution in [0.5, 0.6) is 0 Å². The maximum atomic E-state index is 11.9. The van der Waals surface area contributed by atoms with Gasteiger partial charge in [-0.1, -0.05) is 11.6 Å². The third-order valence-electron chi connectivity index (χ3n) is 2.70. The Morgan fingerprint density at radius 2 is 2.12 bits per heavy atom. The molecule has 4 nitrogen and oxygen atoms in total. The Kier molecular flexibility index (Phi) is 4.96. The summed E-state index contributed by atoms with van der Waals surface area (Å²) in [5, 5.41) is 0. The van der Waals surface area contributed by atoms with E-state index >= 15 is 0 Å². The normalized spacial score (nSPS) is 24.3. The van der Waals surface area contributed by atoms with Crippen LogP contribution in [0.3, 0.4) is 0 Å². The van der Waals surface area contributed by atoms with E-state index in [0.717, 1.165) is 0 Å². The Morgan fingerprint density at radius 1 is 1.38 bits per heavy atom. The first kappa shape index (κ1) is 13.2. The molecule has 1 aliphatic rings. The van der Waals surface area contributed by atoms with Crippen LogP contribution in [0.4, 0.5) is 0 Å². The fourth-order valence-electron chi connectivity index (χ4n) is 1.89. The van der Waals surface area contributed by atoms with Gasteiger partial charge in [0.05, 0.1) is 19.8 Å². The summed E-state index contributed by atoms with van der Waals surface area (Å²) in [4.78, 5) is 21.8. The first-order chi connectivity index (χ1) is 7.64. The molecule has 1 atom stereocenters. The van der Waals surface area contributed by atoms with E-state index in [-0.39, 0.29) is 12.6 Å². The van der Waals surface area contributed by atoms with Crippen LogP contribution in [0.1, 0.15) is 33.6 Å². The molecule has 0 fully saturated rings. The van der Waals surface area contributed by atoms with E-state index in [9.17, 15) is 4.79 Å². The van der Waals surface area contributed by atoms with Crippen LogP contribution in [0, 0.1) is 5.41 Å². The number of carbonyl (C=O) groups excluding carboxylic acids is 1. The van der Waals surface area contributed by atoms with Crippen molar-refractivity contribution in [2.45, 2.75) is 33.6 Å². The monoisotopic (exact) mass is 228 g/mol. The molecular weight excluding hydrogens is 208 g/mol. The molecule has 0 heterocycles. The summed E-state index contributed by atoms with van der Waals surface area (Å²) in [7, 11) is 0. The van der Waals surface area contributed by atoms with Gasteiger partial charge in [0.2, 0.25) is 0 Å². The molecule has 1 unspecified atom stereocenters. The van der Waals surface area contributed by atoms with Gasteiger partial charge in [0.15, 0.2) is 0 Å². The van der Waals surface area contributed by atoms with E-state index < -0.39 is 5.41 Å². The number of esters is 1. The third kappa shape index (κ3) is 3.06. The number of ether oxygens (including phenoxy) is 1. The lowest BCUT2D eigenvalue weighted by Crippen LogP contribution is -2.35. The van der Waals surface area contributed by atoms with Crippen LogP contribution in [-0.4, -0.2) is 25.8 Å². The van der Waals surface area contributed by atoms with Gasteiger partial charge in [-0.25, -0.2) is 9.78 Å². The molecule has 0 N–H and O–H groups in total. The minimum absolute atomic E-state index is 0.192. The summed E-state index contributed by atoms with van der Waals surface area (Å²) in [6, 6.07) is 0. The molecule has 0 saturated heterocycles. The molecule has 0 aromatic carbocycles. The summed E-state index contributed by atoms with van der Waals surface area (Å²) >= 11 is 0. The van der Waals surface area contributed by atoms with E-state index in [0.29, 0.717) is 26.1 Å². The maximum absolute atomic E-state index is 11.9. The minimum atomic E-state index is -0.574. The first-order valence-corrected chi connectivity index (χ1v) is 5.72. The number of hydrogen-bond donors (Lipinski definition) is 0. The smallest absolute Gasteiger partial charge is 0.315 e. The van der Waals surface area contributed by atoms with Crippen LogP contribution < -0.4 is 0 Å². The zero-order valence-corrected chi connectivity index (χ0v) is 10.2. The lowest BCUT2D eigenvalue weighted by molar-refractivity contribution is -0.305. The SMILES string of the molecule is CCOOCC1(C(=O)OCC)CC=C(C)C1. The fraction of sp³-hybridized carbons (Fsp3) is 0.750. The second kappa shape index (κ2) is 6.01. The van der Waals surface area contributed by atoms with Gasteiger partial charge in [0.25, 0.3) is 0 Å². The largest absolute Gasteiger partial charge is 0.465 e. The van der Waals surface area contributed by atoms with Gasteiger partial charge in [-0.05, 0) is 33.6 Å². The van der Waals surface area contributed by atoms with Crippen molar-refractivity contribution in [3.05, 3.63) is 11.6 Å². The van der Waals surface area contributed by atoms with Crippen LogP contribution in [-0.2, 0) is 19.3 Å². The summed E-state index contributed by atoms with van der Waals surface area (Å²) in [5.74, 6) is -0.192. The van der Waals surface area contributed by atoms with Gasteiger partial charge in [-0.2, -0.15) is 0 Å². The Hall–Kier alpha value is -0.870. The van der Waals surface area contributed by atoms with Crippen LogP contribution in [0.25, 0.3) is 0 Å². The van der Waals surface area contributed by atoms with E-state index in [2.05, 4.69) is 6.08 Å². The van der Waals surface area contributed by atoms with Crippen molar-refractivity contribution < 1.29 is 19.3 Å². The lowest BCUT2D eigenvalue weighted by atomic mass is 9.85. The van der Waals surface area contributed by atoms with Crippen LogP contribution in [0.15, 0.2) is 11.6 Å². The molecule has 16 heavy (non-hydrogen) atoms. The highest BCUT2D eigenvalue weighted by molar-refractivity contribution is 5.78. The van der Waals surface area contributed by atoms with Gasteiger partial charge in [-0.3, -0.25) is 4.79 Å². The molecule has 0 aromatic rings. The summed E-state index contributed by atoms with van der Waals surface area (Å²) in [5.41, 5.74) is 0.628. The van der Waals surface area contributed by atoms with Crippen molar-refractivity contribution in [3.63, 3.8) is 0 Å². The summed E-state index contributed by atoms with van der Waals surface area (Å²) in [6.45, 7) is 6.80. The van der Waals surface area contributed by atoms with Gasteiger partial charge < -0.3 is 4.74 Å². The first-order valence-electron chi connectivity index (χ1n) is 5.72. The maximum Gasteiger partial charge on any atom is 0.315 e. The standard InChI is InChI=1S/C12H20O4/c1-4-14-11(13)12(9-16-15-5-2)7-6-10(3)8-12/h6H,4-5,7-9H2,1-3H3. The summed E-state index contributed by atoms with van der Waals surface area (Å²) < 4.78 is 5.10. The average molecular weight is 228 g/mol. The molecule has 0 aliphatic heterocycles. The molecule has 4 heteroatoms. The predicted molar refractivity (Wildman–Crippen MR) is 59.6 cm³/mol. The van der Waals surface area contributed by atoms with E-state index in [1.807, 2.05) is 20.8 Å². The Morgan fingerprint density at radius 3 is 2.62 bits per heavy atom. The van der Waals surface area contributed by atoms with E-state index in [4.69, 9.17) is 14.5 Å². The average Bonchev–Trinajstić information content (AvgIpc) is 2.62. The highest BCUT2D eigenvalue weighted by Crippen LogP contribution is 2.38. The number of hydrogen-bond acceptors (Lipinski definition) is 4. The third-order valence-corrected chi connectivity index (χ3v) is 2.70. The molecule has 0 amide bonds. The highest BCUT2D eigenvalue weighted by atomic mass is 17.2. The van der Waals surface area contributed by atoms with Crippen LogP contribution in [0.2, 0.25) is 0 Å². The molecular formula is C12H20O4. The minimum Gasteiger partial charge on any atom is -0.465 e. The van der Waals surface area contributed by atoms with Gasteiger partial charge in [0, 0.05) is 0 Å². The molecule has 92 valence electrons. The van der Waals surface area contributed by atoms with Crippen molar-refractivity contribution >= 4 is 5.97 Å². The molecule has 0 radical (unpaired) electrons. The van der Waals surface area contributed by atoms with Gasteiger partial charge in [0.1, 0.15) is 5.41 Å². The Balaban J connectivity index is 2.59. The quantitative estimate of drug-likeness (QED) is 0.230. The molecule has 0 saturated carbocycles. The lowest BCUT2D eigenvalue weighted by Gasteiger charge is -2.25. The second-order valence-corrected chi connectivity index (χ2v) is 4.10. The van der Waals surface area contributed by atoms with E-state index in [1.54, 1.807) is 0 Å². The fourth-order valence-corrected chi connectivity index (χ4v) is 1.89. The highest BCUT2D eigenvalue weighted by Gasteiger charge is 2.43. The Bertz CT molecular complexity index is 272. The second-order valence-electron chi connectivity index (χ2n) is 4.10. The zero-order chi connectivity index (χ0) is 12.0. The van der Waals surface area contributed by atoms with Crippen molar-refractivity contribution in [2.24, 2.45) is 5.41 Å². The molecule has 0 bridgehead atoms. The Labute approximate surface area is 96.5 Å². The van der Waals surface area contributed by atoms with Crippen molar-refractivity contribution in [2.75, 3.05) is 19.8 Å². The molecule has 0 spiro atoms. The van der Waals surface area contributed by atoms with Crippen LogP contribution >= 0.6 is 0 Å². The molecule has 1 aliphatic carbocycles. The number of rotatable bonds is 6. The summed E-state index contributed by atoms with van der Waals surface area (Å²) in [6.07, 6.45) is 3.43. The number of carbonyl (C=O) groups is 1. The van der Waals surface area contributed by atoms with E-state index in [1.165, 1.54) is 5.57 Å². The predicted octanol–water partition coefficient (Wildman–Crippen LogP) is 2.24. The molecule has 0 aromatic heterocycles.